The molecule has 0 spiro atoms. The highest BCUT2D eigenvalue weighted by Gasteiger charge is 2.23. The Morgan fingerprint density at radius 2 is 2.25 bits per heavy atom. The van der Waals surface area contributed by atoms with Gasteiger partial charge in [0.15, 0.2) is 5.96 Å². The van der Waals surface area contributed by atoms with Gasteiger partial charge in [-0.3, -0.25) is 9.89 Å². The molecule has 1 saturated heterocycles. The predicted molar refractivity (Wildman–Crippen MR) is 112 cm³/mol. The summed E-state index contributed by atoms with van der Waals surface area (Å²) in [4.78, 5) is 6.75. The lowest BCUT2D eigenvalue weighted by Gasteiger charge is -2.38. The van der Waals surface area contributed by atoms with Crippen molar-refractivity contribution >= 4 is 41.5 Å². The van der Waals surface area contributed by atoms with Gasteiger partial charge >= 0.3 is 0 Å². The third kappa shape index (κ3) is 6.74. The Hall–Kier alpha value is -0.570. The van der Waals surface area contributed by atoms with Gasteiger partial charge in [-0.2, -0.15) is 0 Å². The van der Waals surface area contributed by atoms with Crippen LogP contribution in [0, 0.1) is 0 Å². The Morgan fingerprint density at radius 1 is 1.46 bits per heavy atom. The summed E-state index contributed by atoms with van der Waals surface area (Å²) in [6.45, 7) is 8.60. The number of rotatable bonds is 5. The number of nitrogens with one attached hydrogen (secondary N) is 2. The zero-order valence-electron chi connectivity index (χ0n) is 14.6. The minimum absolute atomic E-state index is 0. The quantitative estimate of drug-likeness (QED) is 0.398. The van der Waals surface area contributed by atoms with E-state index in [9.17, 15) is 0 Å². The first-order chi connectivity index (χ1) is 11.1. The number of ether oxygens (including phenoxy) is 1. The molecule has 136 valence electrons. The van der Waals surface area contributed by atoms with E-state index in [4.69, 9.17) is 16.3 Å². The van der Waals surface area contributed by atoms with Crippen LogP contribution < -0.4 is 10.6 Å². The fourth-order valence-corrected chi connectivity index (χ4v) is 3.02. The van der Waals surface area contributed by atoms with Crippen molar-refractivity contribution in [2.75, 3.05) is 33.4 Å². The van der Waals surface area contributed by atoms with Gasteiger partial charge in [-0.05, 0) is 31.5 Å². The van der Waals surface area contributed by atoms with Gasteiger partial charge in [-0.15, -0.1) is 24.0 Å². The van der Waals surface area contributed by atoms with Gasteiger partial charge in [-0.1, -0.05) is 23.7 Å². The molecule has 0 bridgehead atoms. The lowest BCUT2D eigenvalue weighted by atomic mass is 10.2. The van der Waals surface area contributed by atoms with E-state index in [0.29, 0.717) is 18.6 Å². The fraction of sp³-hybridized carbons (Fsp3) is 0.588. The molecule has 1 aliphatic heterocycles. The van der Waals surface area contributed by atoms with Crippen molar-refractivity contribution in [2.45, 2.75) is 32.5 Å². The van der Waals surface area contributed by atoms with Crippen LogP contribution in [0.1, 0.15) is 19.4 Å². The number of hydrogen-bond acceptors (Lipinski definition) is 3. The first-order valence-electron chi connectivity index (χ1n) is 8.12. The highest BCUT2D eigenvalue weighted by molar-refractivity contribution is 14.0. The third-order valence-electron chi connectivity index (χ3n) is 4.12. The topological polar surface area (TPSA) is 48.9 Å². The van der Waals surface area contributed by atoms with Crippen LogP contribution in [0.5, 0.6) is 0 Å². The highest BCUT2D eigenvalue weighted by atomic mass is 127. The molecule has 24 heavy (non-hydrogen) atoms. The molecule has 0 aromatic heterocycles. The van der Waals surface area contributed by atoms with E-state index in [1.807, 2.05) is 24.3 Å². The van der Waals surface area contributed by atoms with Gasteiger partial charge in [0.1, 0.15) is 0 Å². The van der Waals surface area contributed by atoms with Crippen LogP contribution in [0.25, 0.3) is 0 Å². The van der Waals surface area contributed by atoms with Crippen LogP contribution in [0.4, 0.5) is 0 Å². The molecule has 0 amide bonds. The summed E-state index contributed by atoms with van der Waals surface area (Å²) in [6, 6.07) is 8.73. The van der Waals surface area contributed by atoms with E-state index in [2.05, 4.69) is 34.4 Å². The predicted octanol–water partition coefficient (Wildman–Crippen LogP) is 2.73. The van der Waals surface area contributed by atoms with Crippen molar-refractivity contribution in [3.63, 3.8) is 0 Å². The molecule has 1 aliphatic rings. The highest BCUT2D eigenvalue weighted by Crippen LogP contribution is 2.11. The first kappa shape index (κ1) is 21.5. The number of aliphatic imine (C=N–C) groups is 1. The average molecular weight is 467 g/mol. The van der Waals surface area contributed by atoms with Crippen molar-refractivity contribution in [1.82, 2.24) is 15.5 Å². The van der Waals surface area contributed by atoms with Gasteiger partial charge in [0.25, 0.3) is 0 Å². The number of hydrogen-bond donors (Lipinski definition) is 2. The number of nitrogens with zero attached hydrogens (tertiary/aromatic N) is 2. The minimum Gasteiger partial charge on any atom is -0.379 e. The van der Waals surface area contributed by atoms with Crippen LogP contribution in [-0.2, 0) is 11.3 Å². The number of morpholine rings is 1. The monoisotopic (exact) mass is 466 g/mol. The summed E-state index contributed by atoms with van der Waals surface area (Å²) in [6.07, 6.45) is 0. The fourth-order valence-electron chi connectivity index (χ4n) is 2.81. The Bertz CT molecular complexity index is 529. The summed E-state index contributed by atoms with van der Waals surface area (Å²) in [5, 5.41) is 7.47. The summed E-state index contributed by atoms with van der Waals surface area (Å²) in [7, 11) is 1.79. The Labute approximate surface area is 167 Å². The van der Waals surface area contributed by atoms with E-state index in [0.717, 1.165) is 42.8 Å². The smallest absolute Gasteiger partial charge is 0.191 e. The molecule has 5 nitrogen and oxygen atoms in total. The molecule has 1 heterocycles. The van der Waals surface area contributed by atoms with Crippen molar-refractivity contribution in [2.24, 2.45) is 4.99 Å². The molecular weight excluding hydrogens is 439 g/mol. The Morgan fingerprint density at radius 3 is 2.92 bits per heavy atom. The Balaban J connectivity index is 0.00000288. The maximum Gasteiger partial charge on any atom is 0.191 e. The normalized spacial score (nSPS) is 20.2. The molecule has 1 aromatic carbocycles. The Kier molecular flexibility index (Phi) is 9.95. The van der Waals surface area contributed by atoms with Gasteiger partial charge in [0.05, 0.1) is 13.2 Å². The average Bonchev–Trinajstić information content (AvgIpc) is 2.55. The number of benzene rings is 1. The summed E-state index contributed by atoms with van der Waals surface area (Å²) < 4.78 is 5.50. The molecule has 2 unspecified atom stereocenters. The second-order valence-corrected chi connectivity index (χ2v) is 6.38. The SMILES string of the molecule is CN=C(NCc1cccc(Cl)c1)NCC(C)N1CCOCC1C.I. The largest absolute Gasteiger partial charge is 0.379 e. The molecule has 2 rings (SSSR count). The lowest BCUT2D eigenvalue weighted by Crippen LogP contribution is -2.52. The second kappa shape index (κ2) is 11.1. The van der Waals surface area contributed by atoms with Gasteiger partial charge in [0, 0.05) is 43.8 Å². The molecule has 0 radical (unpaired) electrons. The van der Waals surface area contributed by atoms with Crippen LogP contribution in [0.2, 0.25) is 5.02 Å². The van der Waals surface area contributed by atoms with E-state index in [1.54, 1.807) is 7.05 Å². The van der Waals surface area contributed by atoms with Crippen molar-refractivity contribution in [3.8, 4) is 0 Å². The number of guanidine groups is 1. The van der Waals surface area contributed by atoms with Crippen LogP contribution in [0.15, 0.2) is 29.3 Å². The van der Waals surface area contributed by atoms with Crippen LogP contribution in [-0.4, -0.2) is 56.3 Å². The summed E-state index contributed by atoms with van der Waals surface area (Å²) in [5.74, 6) is 0.803. The molecule has 1 aromatic rings. The van der Waals surface area contributed by atoms with Crippen molar-refractivity contribution in [1.29, 1.82) is 0 Å². The van der Waals surface area contributed by atoms with E-state index >= 15 is 0 Å². The standard InChI is InChI=1S/C17H27ClN4O.HI/c1-13(22-7-8-23-12-14(22)2)10-20-17(19-3)21-11-15-5-4-6-16(18)9-15;/h4-6,9,13-14H,7-8,10-12H2,1-3H3,(H2,19,20,21);1H. The second-order valence-electron chi connectivity index (χ2n) is 5.95. The van der Waals surface area contributed by atoms with Gasteiger partial charge in [0.2, 0.25) is 0 Å². The number of halogens is 2. The van der Waals surface area contributed by atoms with E-state index in [-0.39, 0.29) is 24.0 Å². The maximum absolute atomic E-state index is 6.01. The molecule has 2 N–H and O–H groups in total. The lowest BCUT2D eigenvalue weighted by molar-refractivity contribution is -0.0174. The maximum atomic E-state index is 6.01. The molecule has 0 saturated carbocycles. The van der Waals surface area contributed by atoms with E-state index in [1.165, 1.54) is 0 Å². The van der Waals surface area contributed by atoms with Crippen molar-refractivity contribution < 1.29 is 4.74 Å². The molecule has 2 atom stereocenters. The van der Waals surface area contributed by atoms with Gasteiger partial charge in [-0.25, -0.2) is 0 Å². The zero-order chi connectivity index (χ0) is 16.7. The third-order valence-corrected chi connectivity index (χ3v) is 4.36. The van der Waals surface area contributed by atoms with Gasteiger partial charge < -0.3 is 15.4 Å². The molecular formula is C17H28ClIN4O. The molecule has 1 fully saturated rings. The first-order valence-corrected chi connectivity index (χ1v) is 8.50. The van der Waals surface area contributed by atoms with Crippen LogP contribution in [0.3, 0.4) is 0 Å². The van der Waals surface area contributed by atoms with Crippen LogP contribution >= 0.6 is 35.6 Å². The summed E-state index contributed by atoms with van der Waals surface area (Å²) in [5.41, 5.74) is 1.13. The molecule has 7 heteroatoms. The van der Waals surface area contributed by atoms with E-state index < -0.39 is 0 Å². The van der Waals surface area contributed by atoms with Crippen molar-refractivity contribution in [3.05, 3.63) is 34.9 Å². The zero-order valence-corrected chi connectivity index (χ0v) is 17.7. The summed E-state index contributed by atoms with van der Waals surface area (Å²) >= 11 is 6.01. The molecule has 0 aliphatic carbocycles. The minimum atomic E-state index is 0.